The number of ether oxygens (including phenoxy) is 1. The average Bonchev–Trinajstić information content (AvgIpc) is 2.92. The average molecular weight is 591 g/mol. The molecule has 40 heavy (non-hydrogen) atoms. The lowest BCUT2D eigenvalue weighted by atomic mass is 10.2. The van der Waals surface area contributed by atoms with Gasteiger partial charge in [-0.1, -0.05) is 66.7 Å². The molecule has 218 valence electrons. The SMILES string of the molecule is CC(C)NP(=O)(CN)Oc1ccccc1.CC(C)NP(=O)(CNC(=O)OCc1ccccc1)Oc1ccccc1. The Morgan fingerprint density at radius 2 is 1.15 bits per heavy atom. The van der Waals surface area contributed by atoms with Crippen LogP contribution < -0.4 is 30.3 Å². The number of carbonyl (C=O) groups excluding carboxylic acids is 1. The fourth-order valence-electron chi connectivity index (χ4n) is 3.25. The van der Waals surface area contributed by atoms with Crippen LogP contribution in [0.1, 0.15) is 33.3 Å². The zero-order chi connectivity index (χ0) is 29.4. The van der Waals surface area contributed by atoms with Crippen molar-refractivity contribution < 1.29 is 27.7 Å². The number of benzene rings is 3. The van der Waals surface area contributed by atoms with E-state index in [0.717, 1.165) is 5.56 Å². The maximum atomic E-state index is 13.0. The lowest BCUT2D eigenvalue weighted by molar-refractivity contribution is 0.141. The first-order valence-corrected chi connectivity index (χ1v) is 16.5. The Morgan fingerprint density at radius 3 is 1.60 bits per heavy atom. The Balaban J connectivity index is 0.000000319. The molecule has 2 unspecified atom stereocenters. The number of amides is 1. The number of nitrogens with one attached hydrogen (secondary N) is 3. The molecule has 0 radical (unpaired) electrons. The number of para-hydroxylation sites is 2. The highest BCUT2D eigenvalue weighted by Gasteiger charge is 2.27. The van der Waals surface area contributed by atoms with Gasteiger partial charge in [0.15, 0.2) is 0 Å². The number of rotatable bonds is 13. The van der Waals surface area contributed by atoms with E-state index in [9.17, 15) is 13.9 Å². The molecular formula is C28H40N4O6P2. The van der Waals surface area contributed by atoms with Crippen LogP contribution in [-0.2, 0) is 20.5 Å². The first-order chi connectivity index (χ1) is 19.0. The van der Waals surface area contributed by atoms with Gasteiger partial charge in [0.05, 0.1) is 6.29 Å². The van der Waals surface area contributed by atoms with Crippen LogP contribution in [0.3, 0.4) is 0 Å². The standard InChI is InChI=1S/C18H23N2O4P.C10H17N2O2P/c1-15(2)20-25(22,24-17-11-7-4-8-12-17)14-19-18(21)23-13-16-9-5-3-6-10-16;1-9(2)12-15(13,8-11)14-10-6-4-3-5-7-10/h3-12,15H,13-14H2,1-2H3,(H,19,21)(H,20,22);3-7,9H,8,11H2,1-2H3,(H,12,13). The molecule has 0 aliphatic heterocycles. The lowest BCUT2D eigenvalue weighted by Crippen LogP contribution is -2.32. The summed E-state index contributed by atoms with van der Waals surface area (Å²) in [5, 5.41) is 8.27. The summed E-state index contributed by atoms with van der Waals surface area (Å²) in [5.41, 5.74) is 6.33. The molecule has 0 bridgehead atoms. The third kappa shape index (κ3) is 13.3. The van der Waals surface area contributed by atoms with Crippen LogP contribution >= 0.6 is 15.0 Å². The molecule has 12 heteroatoms. The summed E-state index contributed by atoms with van der Waals surface area (Å²) < 4.78 is 41.2. The van der Waals surface area contributed by atoms with E-state index in [0.29, 0.717) is 11.5 Å². The fourth-order valence-corrected chi connectivity index (χ4v) is 6.53. The minimum absolute atomic E-state index is 0.0138. The van der Waals surface area contributed by atoms with Gasteiger partial charge in [-0.2, -0.15) is 0 Å². The van der Waals surface area contributed by atoms with Crippen LogP contribution in [0.2, 0.25) is 0 Å². The molecule has 2 atom stereocenters. The number of hydrogen-bond acceptors (Lipinski definition) is 7. The third-order valence-corrected chi connectivity index (χ3v) is 8.67. The second-order valence-electron chi connectivity index (χ2n) is 9.30. The van der Waals surface area contributed by atoms with Gasteiger partial charge in [-0.05, 0) is 57.5 Å². The van der Waals surface area contributed by atoms with Gasteiger partial charge in [-0.15, -0.1) is 0 Å². The van der Waals surface area contributed by atoms with Crippen molar-refractivity contribution in [1.82, 2.24) is 15.5 Å². The zero-order valence-corrected chi connectivity index (χ0v) is 25.1. The van der Waals surface area contributed by atoms with E-state index >= 15 is 0 Å². The fraction of sp³-hybridized carbons (Fsp3) is 0.321. The highest BCUT2D eigenvalue weighted by molar-refractivity contribution is 7.57. The van der Waals surface area contributed by atoms with Crippen LogP contribution in [0, 0.1) is 0 Å². The van der Waals surface area contributed by atoms with Gasteiger partial charge in [-0.3, -0.25) is 9.13 Å². The lowest BCUT2D eigenvalue weighted by Gasteiger charge is -2.22. The van der Waals surface area contributed by atoms with E-state index < -0.39 is 21.1 Å². The van der Waals surface area contributed by atoms with Gasteiger partial charge >= 0.3 is 21.1 Å². The molecule has 3 rings (SSSR count). The van der Waals surface area contributed by atoms with Crippen LogP contribution in [0.15, 0.2) is 91.0 Å². The smallest absolute Gasteiger partial charge is 0.408 e. The highest BCUT2D eigenvalue weighted by atomic mass is 31.2. The van der Waals surface area contributed by atoms with Crippen molar-refractivity contribution in [2.24, 2.45) is 5.73 Å². The summed E-state index contributed by atoms with van der Waals surface area (Å²) in [5.74, 6) is 1.04. The molecule has 0 saturated heterocycles. The van der Waals surface area contributed by atoms with E-state index in [1.54, 1.807) is 36.4 Å². The molecule has 5 N–H and O–H groups in total. The number of alkyl carbamates (subject to hydrolysis) is 1. The Kier molecular flexibility index (Phi) is 13.9. The molecule has 0 heterocycles. The summed E-state index contributed by atoms with van der Waals surface area (Å²) in [6, 6.07) is 27.2. The molecule has 1 amide bonds. The van der Waals surface area contributed by atoms with Crippen molar-refractivity contribution in [2.75, 3.05) is 12.6 Å². The molecule has 0 saturated carbocycles. The molecule has 0 aliphatic rings. The molecule has 0 fully saturated rings. The first kappa shape index (κ1) is 33.1. The predicted octanol–water partition coefficient (Wildman–Crippen LogP) is 6.31. The van der Waals surface area contributed by atoms with Gasteiger partial charge in [0.25, 0.3) is 0 Å². The van der Waals surface area contributed by atoms with Crippen LogP contribution in [-0.4, -0.2) is 30.7 Å². The Labute approximate surface area is 237 Å². The molecular weight excluding hydrogens is 550 g/mol. The Morgan fingerprint density at radius 1 is 0.725 bits per heavy atom. The summed E-state index contributed by atoms with van der Waals surface area (Å²) in [4.78, 5) is 11.9. The third-order valence-electron chi connectivity index (χ3n) is 4.79. The second-order valence-corrected chi connectivity index (χ2v) is 13.6. The maximum Gasteiger partial charge on any atom is 0.408 e. The van der Waals surface area contributed by atoms with Crippen LogP contribution in [0.25, 0.3) is 0 Å². The maximum absolute atomic E-state index is 13.0. The summed E-state index contributed by atoms with van der Waals surface area (Å²) in [7, 11) is -6.26. The molecule has 10 nitrogen and oxygen atoms in total. The second kappa shape index (κ2) is 16.9. The largest absolute Gasteiger partial charge is 0.445 e. The molecule has 0 aromatic heterocycles. The van der Waals surface area contributed by atoms with Crippen LogP contribution in [0.4, 0.5) is 4.79 Å². The van der Waals surface area contributed by atoms with Gasteiger partial charge in [0.2, 0.25) is 0 Å². The van der Waals surface area contributed by atoms with Crippen molar-refractivity contribution in [2.45, 2.75) is 46.4 Å². The summed E-state index contributed by atoms with van der Waals surface area (Å²) in [6.07, 6.45) is -0.834. The van der Waals surface area contributed by atoms with Crippen molar-refractivity contribution in [3.63, 3.8) is 0 Å². The minimum atomic E-state index is -3.31. The van der Waals surface area contributed by atoms with E-state index in [4.69, 9.17) is 19.5 Å². The monoisotopic (exact) mass is 590 g/mol. The van der Waals surface area contributed by atoms with Crippen molar-refractivity contribution in [3.05, 3.63) is 96.6 Å². The predicted molar refractivity (Wildman–Crippen MR) is 160 cm³/mol. The number of nitrogens with two attached hydrogens (primary N) is 1. The van der Waals surface area contributed by atoms with Crippen molar-refractivity contribution in [1.29, 1.82) is 0 Å². The molecule has 0 spiro atoms. The molecule has 0 aliphatic carbocycles. The Bertz CT molecular complexity index is 1230. The summed E-state index contributed by atoms with van der Waals surface area (Å²) >= 11 is 0. The topological polar surface area (TPSA) is 141 Å². The van der Waals surface area contributed by atoms with Gasteiger partial charge in [0.1, 0.15) is 24.4 Å². The van der Waals surface area contributed by atoms with Crippen molar-refractivity contribution in [3.8, 4) is 11.5 Å². The van der Waals surface area contributed by atoms with Gasteiger partial charge in [0, 0.05) is 12.1 Å². The van der Waals surface area contributed by atoms with Crippen molar-refractivity contribution >= 4 is 21.1 Å². The quantitative estimate of drug-likeness (QED) is 0.168. The van der Waals surface area contributed by atoms with E-state index in [1.807, 2.05) is 82.3 Å². The van der Waals surface area contributed by atoms with E-state index in [-0.39, 0.29) is 31.3 Å². The summed E-state index contributed by atoms with van der Waals surface area (Å²) in [6.45, 7) is 7.66. The Hall–Kier alpha value is -3.13. The van der Waals surface area contributed by atoms with Gasteiger partial charge < -0.3 is 24.8 Å². The first-order valence-electron chi connectivity index (χ1n) is 12.9. The normalized spacial score (nSPS) is 13.8. The van der Waals surface area contributed by atoms with E-state index in [1.165, 1.54) is 0 Å². The minimum Gasteiger partial charge on any atom is -0.445 e. The highest BCUT2D eigenvalue weighted by Crippen LogP contribution is 2.42. The van der Waals surface area contributed by atoms with Crippen LogP contribution in [0.5, 0.6) is 11.5 Å². The van der Waals surface area contributed by atoms with E-state index in [2.05, 4.69) is 15.5 Å². The number of carbonyl (C=O) groups is 1. The van der Waals surface area contributed by atoms with Gasteiger partial charge in [-0.25, -0.2) is 15.0 Å². The molecule has 3 aromatic rings. The zero-order valence-electron chi connectivity index (χ0n) is 23.4. The number of hydrogen-bond donors (Lipinski definition) is 4. The molecule has 3 aromatic carbocycles.